The summed E-state index contributed by atoms with van der Waals surface area (Å²) >= 11 is 0. The van der Waals surface area contributed by atoms with Crippen LogP contribution in [0.4, 0.5) is 14.9 Å². The molecule has 146 valence electrons. The van der Waals surface area contributed by atoms with E-state index in [4.69, 9.17) is 0 Å². The predicted octanol–water partition coefficient (Wildman–Crippen LogP) is 3.72. The summed E-state index contributed by atoms with van der Waals surface area (Å²) < 4.78 is 13.8. The summed E-state index contributed by atoms with van der Waals surface area (Å²) in [7, 11) is 0. The fourth-order valence-electron chi connectivity index (χ4n) is 3.58. The summed E-state index contributed by atoms with van der Waals surface area (Å²) in [5.41, 5.74) is 1.89. The molecule has 1 heterocycles. The van der Waals surface area contributed by atoms with Crippen LogP contribution in [0, 0.1) is 17.1 Å². The third-order valence-electron chi connectivity index (χ3n) is 5.27. The highest BCUT2D eigenvalue weighted by molar-refractivity contribution is 5.74. The van der Waals surface area contributed by atoms with Gasteiger partial charge in [0, 0.05) is 38.6 Å². The van der Waals surface area contributed by atoms with Crippen LogP contribution >= 0.6 is 0 Å². The molecule has 1 aliphatic heterocycles. The Balaban J connectivity index is 1.54. The van der Waals surface area contributed by atoms with E-state index in [0.29, 0.717) is 38.4 Å². The summed E-state index contributed by atoms with van der Waals surface area (Å²) in [5, 5.41) is 12.3. The van der Waals surface area contributed by atoms with E-state index >= 15 is 0 Å². The monoisotopic (exact) mass is 380 g/mol. The fraction of sp³-hybridized carbons (Fsp3) is 0.364. The normalized spacial score (nSPS) is 15.0. The summed E-state index contributed by atoms with van der Waals surface area (Å²) in [6.07, 6.45) is 0.953. The summed E-state index contributed by atoms with van der Waals surface area (Å²) in [6.45, 7) is 4.93. The van der Waals surface area contributed by atoms with Crippen LogP contribution in [0.5, 0.6) is 0 Å². The van der Waals surface area contributed by atoms with Gasteiger partial charge in [-0.3, -0.25) is 0 Å². The third kappa shape index (κ3) is 4.42. The average Bonchev–Trinajstić information content (AvgIpc) is 2.74. The lowest BCUT2D eigenvalue weighted by atomic mass is 9.97. The van der Waals surface area contributed by atoms with Crippen molar-refractivity contribution in [3.8, 4) is 6.07 Å². The second kappa shape index (κ2) is 9.23. The minimum Gasteiger partial charge on any atom is -0.367 e. The maximum Gasteiger partial charge on any atom is 0.317 e. The Morgan fingerprint density at radius 1 is 1.14 bits per heavy atom. The molecule has 0 spiro atoms. The smallest absolute Gasteiger partial charge is 0.317 e. The van der Waals surface area contributed by atoms with Crippen LogP contribution in [0.15, 0.2) is 48.5 Å². The molecule has 1 unspecified atom stereocenters. The number of nitrogens with one attached hydrogen (secondary N) is 1. The molecule has 28 heavy (non-hydrogen) atoms. The highest BCUT2D eigenvalue weighted by Crippen LogP contribution is 2.24. The molecule has 2 aromatic rings. The highest BCUT2D eigenvalue weighted by atomic mass is 19.1. The maximum absolute atomic E-state index is 13.8. The summed E-state index contributed by atoms with van der Waals surface area (Å²) in [5.74, 6) is -0.219. The van der Waals surface area contributed by atoms with Crippen LogP contribution in [-0.2, 0) is 0 Å². The SMILES string of the molecule is CCC(CNC(=O)N1CCN(c2cccc(F)c2C#N)CC1)c1ccccc1. The topological polar surface area (TPSA) is 59.4 Å². The second-order valence-corrected chi connectivity index (χ2v) is 6.92. The Labute approximate surface area is 165 Å². The van der Waals surface area contributed by atoms with Crippen molar-refractivity contribution in [3.05, 3.63) is 65.5 Å². The van der Waals surface area contributed by atoms with Crippen molar-refractivity contribution < 1.29 is 9.18 Å². The van der Waals surface area contributed by atoms with E-state index in [1.807, 2.05) is 29.2 Å². The first-order valence-corrected chi connectivity index (χ1v) is 9.65. The number of benzene rings is 2. The first-order chi connectivity index (χ1) is 13.6. The molecule has 3 rings (SSSR count). The molecule has 1 atom stereocenters. The fourth-order valence-corrected chi connectivity index (χ4v) is 3.58. The summed E-state index contributed by atoms with van der Waals surface area (Å²) in [6, 6.07) is 16.7. The Morgan fingerprint density at radius 2 is 1.86 bits per heavy atom. The largest absolute Gasteiger partial charge is 0.367 e. The van der Waals surface area contributed by atoms with Crippen molar-refractivity contribution in [2.75, 3.05) is 37.6 Å². The molecule has 0 saturated carbocycles. The van der Waals surface area contributed by atoms with E-state index in [1.54, 1.807) is 17.0 Å². The van der Waals surface area contributed by atoms with Crippen LogP contribution in [0.3, 0.4) is 0 Å². The molecule has 1 fully saturated rings. The molecule has 5 nitrogen and oxygen atoms in total. The predicted molar refractivity (Wildman–Crippen MR) is 108 cm³/mol. The minimum atomic E-state index is -0.508. The number of amides is 2. The Hall–Kier alpha value is -3.07. The molecule has 1 aliphatic rings. The molecule has 0 aliphatic carbocycles. The third-order valence-corrected chi connectivity index (χ3v) is 5.27. The zero-order valence-electron chi connectivity index (χ0n) is 16.1. The van der Waals surface area contributed by atoms with Crippen molar-refractivity contribution in [2.24, 2.45) is 0 Å². The lowest BCUT2D eigenvalue weighted by molar-refractivity contribution is 0.193. The number of hydrogen-bond donors (Lipinski definition) is 1. The van der Waals surface area contributed by atoms with Crippen molar-refractivity contribution in [2.45, 2.75) is 19.3 Å². The van der Waals surface area contributed by atoms with E-state index in [-0.39, 0.29) is 17.5 Å². The number of halogens is 1. The molecule has 0 bridgehead atoms. The number of urea groups is 1. The quantitative estimate of drug-likeness (QED) is 0.860. The van der Waals surface area contributed by atoms with E-state index in [2.05, 4.69) is 24.4 Å². The van der Waals surface area contributed by atoms with Gasteiger partial charge >= 0.3 is 6.03 Å². The lowest BCUT2D eigenvalue weighted by Gasteiger charge is -2.36. The molecule has 1 saturated heterocycles. The van der Waals surface area contributed by atoms with E-state index in [0.717, 1.165) is 6.42 Å². The molecule has 2 amide bonds. The number of anilines is 1. The van der Waals surface area contributed by atoms with Crippen LogP contribution in [0.25, 0.3) is 0 Å². The maximum atomic E-state index is 13.8. The molecule has 6 heteroatoms. The molecular formula is C22H25FN4O. The number of rotatable bonds is 5. The molecule has 2 aromatic carbocycles. The zero-order valence-corrected chi connectivity index (χ0v) is 16.1. The van der Waals surface area contributed by atoms with Gasteiger partial charge in [0.1, 0.15) is 17.4 Å². The van der Waals surface area contributed by atoms with Gasteiger partial charge in [-0.1, -0.05) is 43.3 Å². The number of nitriles is 1. The first kappa shape index (κ1) is 19.7. The Kier molecular flexibility index (Phi) is 6.49. The van der Waals surface area contributed by atoms with E-state index in [1.165, 1.54) is 11.6 Å². The van der Waals surface area contributed by atoms with Crippen molar-refractivity contribution in [1.29, 1.82) is 5.26 Å². The lowest BCUT2D eigenvalue weighted by Crippen LogP contribution is -2.52. The van der Waals surface area contributed by atoms with E-state index < -0.39 is 5.82 Å². The number of piperazine rings is 1. The van der Waals surface area contributed by atoms with Crippen molar-refractivity contribution >= 4 is 11.7 Å². The molecular weight excluding hydrogens is 355 g/mol. The Bertz CT molecular complexity index is 841. The average molecular weight is 380 g/mol. The van der Waals surface area contributed by atoms with Gasteiger partial charge in [-0.15, -0.1) is 0 Å². The first-order valence-electron chi connectivity index (χ1n) is 9.65. The molecule has 0 radical (unpaired) electrons. The van der Waals surface area contributed by atoms with Gasteiger partial charge in [-0.05, 0) is 24.1 Å². The second-order valence-electron chi connectivity index (χ2n) is 6.92. The number of hydrogen-bond acceptors (Lipinski definition) is 3. The van der Waals surface area contributed by atoms with Crippen LogP contribution in [0.1, 0.15) is 30.4 Å². The number of carbonyl (C=O) groups is 1. The van der Waals surface area contributed by atoms with Gasteiger partial charge in [0.2, 0.25) is 0 Å². The van der Waals surface area contributed by atoms with Crippen molar-refractivity contribution in [3.63, 3.8) is 0 Å². The van der Waals surface area contributed by atoms with Crippen LogP contribution < -0.4 is 10.2 Å². The van der Waals surface area contributed by atoms with Gasteiger partial charge < -0.3 is 15.1 Å². The van der Waals surface area contributed by atoms with E-state index in [9.17, 15) is 14.4 Å². The molecule has 0 aromatic heterocycles. The number of carbonyl (C=O) groups excluding carboxylic acids is 1. The van der Waals surface area contributed by atoms with Gasteiger partial charge in [0.05, 0.1) is 5.69 Å². The van der Waals surface area contributed by atoms with Gasteiger partial charge in [-0.2, -0.15) is 5.26 Å². The summed E-state index contributed by atoms with van der Waals surface area (Å²) in [4.78, 5) is 16.3. The Morgan fingerprint density at radius 3 is 2.50 bits per heavy atom. The van der Waals surface area contributed by atoms with Gasteiger partial charge in [0.25, 0.3) is 0 Å². The molecule has 1 N–H and O–H groups in total. The standard InChI is InChI=1S/C22H25FN4O/c1-2-17(18-7-4-3-5-8-18)16-25-22(28)27-13-11-26(12-14-27)21-10-6-9-20(23)19(21)15-24/h3-10,17H,2,11-14,16H2,1H3,(H,25,28). The minimum absolute atomic E-state index is 0.0639. The van der Waals surface area contributed by atoms with Crippen LogP contribution in [-0.4, -0.2) is 43.7 Å². The van der Waals surface area contributed by atoms with Gasteiger partial charge in [0.15, 0.2) is 0 Å². The van der Waals surface area contributed by atoms with Crippen LogP contribution in [0.2, 0.25) is 0 Å². The van der Waals surface area contributed by atoms with Crippen molar-refractivity contribution in [1.82, 2.24) is 10.2 Å². The zero-order chi connectivity index (χ0) is 19.9. The van der Waals surface area contributed by atoms with Gasteiger partial charge in [-0.25, -0.2) is 9.18 Å². The highest BCUT2D eigenvalue weighted by Gasteiger charge is 2.24. The number of nitrogens with zero attached hydrogens (tertiary/aromatic N) is 3.